The van der Waals surface area contributed by atoms with Gasteiger partial charge in [-0.2, -0.15) is 0 Å². The molecule has 2 aromatic rings. The molecule has 22 heavy (non-hydrogen) atoms. The first-order valence-electron chi connectivity index (χ1n) is 8.46. The zero-order valence-electron chi connectivity index (χ0n) is 13.3. The Morgan fingerprint density at radius 2 is 1.95 bits per heavy atom. The lowest BCUT2D eigenvalue weighted by atomic mass is 10.1. The normalized spacial score (nSPS) is 26.6. The van der Waals surface area contributed by atoms with Crippen molar-refractivity contribution in [2.24, 2.45) is 17.8 Å². The molecule has 1 aromatic carbocycles. The van der Waals surface area contributed by atoms with E-state index in [1.807, 2.05) is 41.2 Å². The minimum Gasteiger partial charge on any atom is -0.306 e. The third-order valence-corrected chi connectivity index (χ3v) is 5.25. The average Bonchev–Trinajstić information content (AvgIpc) is 3.43. The van der Waals surface area contributed by atoms with Gasteiger partial charge in [-0.3, -0.25) is 0 Å². The molecule has 0 bridgehead atoms. The van der Waals surface area contributed by atoms with E-state index in [4.69, 9.17) is 0 Å². The summed E-state index contributed by atoms with van der Waals surface area (Å²) in [5.41, 5.74) is 2.07. The van der Waals surface area contributed by atoms with Crippen LogP contribution in [0.1, 0.15) is 44.8 Å². The predicted octanol–water partition coefficient (Wildman–Crippen LogP) is 3.35. The average molecular weight is 296 g/mol. The molecule has 2 aliphatic carbocycles. The van der Waals surface area contributed by atoms with Crippen LogP contribution in [0.25, 0.3) is 5.69 Å². The van der Waals surface area contributed by atoms with Crippen molar-refractivity contribution in [3.05, 3.63) is 42.2 Å². The van der Waals surface area contributed by atoms with Crippen molar-refractivity contribution in [1.29, 1.82) is 0 Å². The minimum absolute atomic E-state index is 0.243. The van der Waals surface area contributed by atoms with Crippen LogP contribution in [-0.4, -0.2) is 21.0 Å². The number of para-hydroxylation sites is 1. The lowest BCUT2D eigenvalue weighted by Gasteiger charge is -2.18. The Kier molecular flexibility index (Phi) is 3.49. The highest BCUT2D eigenvalue weighted by Crippen LogP contribution is 2.55. The summed E-state index contributed by atoms with van der Waals surface area (Å²) in [5.74, 6) is 2.91. The van der Waals surface area contributed by atoms with Crippen LogP contribution in [0, 0.1) is 17.8 Å². The van der Waals surface area contributed by atoms with Crippen LogP contribution >= 0.6 is 0 Å². The largest absolute Gasteiger partial charge is 0.306 e. The van der Waals surface area contributed by atoms with Crippen LogP contribution in [0.15, 0.2) is 36.5 Å². The number of nitrogens with one attached hydrogen (secondary N) is 1. The van der Waals surface area contributed by atoms with Gasteiger partial charge in [0.25, 0.3) is 0 Å². The summed E-state index contributed by atoms with van der Waals surface area (Å²) in [4.78, 5) is 0. The summed E-state index contributed by atoms with van der Waals surface area (Å²) in [6, 6.07) is 11.0. The molecule has 4 nitrogen and oxygen atoms in total. The van der Waals surface area contributed by atoms with E-state index in [0.29, 0.717) is 6.04 Å². The molecule has 0 radical (unpaired) electrons. The predicted molar refractivity (Wildman–Crippen MR) is 86.7 cm³/mol. The topological polar surface area (TPSA) is 42.7 Å². The highest BCUT2D eigenvalue weighted by atomic mass is 15.4. The quantitative estimate of drug-likeness (QED) is 0.889. The summed E-state index contributed by atoms with van der Waals surface area (Å²) in [7, 11) is 0. The molecule has 2 aliphatic rings. The van der Waals surface area contributed by atoms with Gasteiger partial charge in [0.15, 0.2) is 0 Å². The SMILES string of the molecule is CC(NC(C)[C@@H]1C[C@H]1C1CC1)c1cn(-c2ccccc2)nn1. The molecule has 4 heteroatoms. The third kappa shape index (κ3) is 2.80. The molecule has 2 saturated carbocycles. The molecule has 0 saturated heterocycles. The second-order valence-electron chi connectivity index (χ2n) is 7.00. The van der Waals surface area contributed by atoms with Crippen molar-refractivity contribution < 1.29 is 0 Å². The highest BCUT2D eigenvalue weighted by molar-refractivity contribution is 5.30. The molecule has 4 atom stereocenters. The van der Waals surface area contributed by atoms with E-state index in [1.54, 1.807) is 0 Å². The molecule has 1 aromatic heterocycles. The summed E-state index contributed by atoms with van der Waals surface area (Å²) in [5, 5.41) is 12.3. The maximum Gasteiger partial charge on any atom is 0.0998 e. The van der Waals surface area contributed by atoms with Gasteiger partial charge in [0, 0.05) is 6.04 Å². The fourth-order valence-electron chi connectivity index (χ4n) is 3.66. The zero-order valence-corrected chi connectivity index (χ0v) is 13.3. The fraction of sp³-hybridized carbons (Fsp3) is 0.556. The van der Waals surface area contributed by atoms with Crippen molar-refractivity contribution in [1.82, 2.24) is 20.3 Å². The monoisotopic (exact) mass is 296 g/mol. The Morgan fingerprint density at radius 1 is 1.18 bits per heavy atom. The number of benzene rings is 1. The Hall–Kier alpha value is -1.68. The summed E-state index contributed by atoms with van der Waals surface area (Å²) >= 11 is 0. The van der Waals surface area contributed by atoms with Crippen molar-refractivity contribution in [2.45, 2.75) is 45.2 Å². The van der Waals surface area contributed by atoms with Crippen LogP contribution in [0.4, 0.5) is 0 Å². The lowest BCUT2D eigenvalue weighted by Crippen LogP contribution is -2.31. The lowest BCUT2D eigenvalue weighted by molar-refractivity contribution is 0.411. The second-order valence-corrected chi connectivity index (χ2v) is 7.00. The van der Waals surface area contributed by atoms with Crippen LogP contribution in [-0.2, 0) is 0 Å². The Labute approximate surface area is 131 Å². The summed E-state index contributed by atoms with van der Waals surface area (Å²) in [6.45, 7) is 4.51. The highest BCUT2D eigenvalue weighted by Gasteiger charge is 2.49. The van der Waals surface area contributed by atoms with Gasteiger partial charge < -0.3 is 5.32 Å². The molecule has 1 heterocycles. The standard InChI is InChI=1S/C18H24N4/c1-12(16-10-17(16)14-8-9-14)19-13(2)18-11-22(21-20-18)15-6-4-3-5-7-15/h3-7,11-14,16-17,19H,8-10H2,1-2H3/t12?,13?,16-,17-/m0/s1. The molecule has 4 rings (SSSR count). The first-order valence-corrected chi connectivity index (χ1v) is 8.46. The van der Waals surface area contributed by atoms with Gasteiger partial charge in [-0.25, -0.2) is 4.68 Å². The van der Waals surface area contributed by atoms with E-state index in [0.717, 1.165) is 29.1 Å². The van der Waals surface area contributed by atoms with E-state index in [9.17, 15) is 0 Å². The van der Waals surface area contributed by atoms with Gasteiger partial charge in [-0.05, 0) is 63.0 Å². The zero-order chi connectivity index (χ0) is 15.1. The Bertz CT molecular complexity index is 632. The van der Waals surface area contributed by atoms with Crippen LogP contribution in [0.5, 0.6) is 0 Å². The first kappa shape index (κ1) is 13.9. The van der Waals surface area contributed by atoms with Gasteiger partial charge in [0.2, 0.25) is 0 Å². The molecule has 0 aliphatic heterocycles. The van der Waals surface area contributed by atoms with E-state index < -0.39 is 0 Å². The molecule has 0 amide bonds. The van der Waals surface area contributed by atoms with Crippen molar-refractivity contribution >= 4 is 0 Å². The van der Waals surface area contributed by atoms with Crippen LogP contribution < -0.4 is 5.32 Å². The van der Waals surface area contributed by atoms with Gasteiger partial charge in [0.05, 0.1) is 23.6 Å². The Morgan fingerprint density at radius 3 is 2.68 bits per heavy atom. The number of nitrogens with zero attached hydrogens (tertiary/aromatic N) is 3. The van der Waals surface area contributed by atoms with Crippen molar-refractivity contribution in [3.8, 4) is 5.69 Å². The summed E-state index contributed by atoms with van der Waals surface area (Å²) < 4.78 is 1.85. The van der Waals surface area contributed by atoms with Gasteiger partial charge in [-0.1, -0.05) is 23.4 Å². The number of hydrogen-bond acceptors (Lipinski definition) is 3. The van der Waals surface area contributed by atoms with Crippen LogP contribution in [0.2, 0.25) is 0 Å². The molecule has 2 unspecified atom stereocenters. The summed E-state index contributed by atoms with van der Waals surface area (Å²) in [6.07, 6.45) is 6.39. The fourth-order valence-corrected chi connectivity index (χ4v) is 3.66. The molecule has 1 N–H and O–H groups in total. The van der Waals surface area contributed by atoms with E-state index in [2.05, 4.69) is 29.5 Å². The van der Waals surface area contributed by atoms with E-state index in [1.165, 1.54) is 19.3 Å². The molecule has 2 fully saturated rings. The molecular formula is C18H24N4. The Balaban J connectivity index is 1.38. The molecule has 116 valence electrons. The van der Waals surface area contributed by atoms with Gasteiger partial charge >= 0.3 is 0 Å². The van der Waals surface area contributed by atoms with Crippen molar-refractivity contribution in [3.63, 3.8) is 0 Å². The number of rotatable bonds is 6. The first-order chi connectivity index (χ1) is 10.7. The maximum atomic E-state index is 4.34. The van der Waals surface area contributed by atoms with E-state index in [-0.39, 0.29) is 6.04 Å². The van der Waals surface area contributed by atoms with E-state index >= 15 is 0 Å². The number of aromatic nitrogens is 3. The minimum atomic E-state index is 0.243. The number of hydrogen-bond donors (Lipinski definition) is 1. The van der Waals surface area contributed by atoms with Gasteiger partial charge in [0.1, 0.15) is 0 Å². The maximum absolute atomic E-state index is 4.34. The molecule has 0 spiro atoms. The van der Waals surface area contributed by atoms with Crippen molar-refractivity contribution in [2.75, 3.05) is 0 Å². The van der Waals surface area contributed by atoms with Crippen LogP contribution in [0.3, 0.4) is 0 Å². The third-order valence-electron chi connectivity index (χ3n) is 5.25. The molecular weight excluding hydrogens is 272 g/mol. The van der Waals surface area contributed by atoms with Gasteiger partial charge in [-0.15, -0.1) is 5.10 Å². The smallest absolute Gasteiger partial charge is 0.0998 e. The second kappa shape index (κ2) is 5.51.